The predicted octanol–water partition coefficient (Wildman–Crippen LogP) is 5.72. The number of carbonyl (C=O) groups excluding carboxylic acids is 1. The van der Waals surface area contributed by atoms with Crippen molar-refractivity contribution in [1.29, 1.82) is 0 Å². The molecule has 1 heterocycles. The number of thioether (sulfide) groups is 1. The lowest BCUT2D eigenvalue weighted by Crippen LogP contribution is -2.17. The largest absolute Gasteiger partial charge is 0.497 e. The minimum absolute atomic E-state index is 0.0935. The average molecular weight is 533 g/mol. The number of rotatable bonds is 12. The molecule has 1 amide bonds. The highest BCUT2D eigenvalue weighted by molar-refractivity contribution is 7.99. The molecule has 0 radical (unpaired) electrons. The van der Waals surface area contributed by atoms with E-state index in [1.165, 1.54) is 11.8 Å². The summed E-state index contributed by atoms with van der Waals surface area (Å²) < 4.78 is 18.5. The van der Waals surface area contributed by atoms with E-state index in [-0.39, 0.29) is 18.3 Å². The van der Waals surface area contributed by atoms with Gasteiger partial charge >= 0.3 is 0 Å². The molecule has 8 nitrogen and oxygen atoms in total. The van der Waals surface area contributed by atoms with Crippen LogP contribution in [0.1, 0.15) is 30.8 Å². The SMILES string of the molecule is CCc1cccc(CC)c1NC(=O)CSc1nnc(COc2cccc(OC)c2)n1-c1ccc(OC)cc1. The molecule has 0 aliphatic rings. The molecule has 0 bridgehead atoms. The summed E-state index contributed by atoms with van der Waals surface area (Å²) in [6.07, 6.45) is 1.69. The second kappa shape index (κ2) is 13.0. The Labute approximate surface area is 227 Å². The molecule has 0 spiro atoms. The number of nitrogens with one attached hydrogen (secondary N) is 1. The Bertz CT molecular complexity index is 1350. The number of methoxy groups -OCH3 is 2. The molecule has 0 aliphatic carbocycles. The number of ether oxygens (including phenoxy) is 3. The molecule has 0 saturated heterocycles. The monoisotopic (exact) mass is 532 g/mol. The summed E-state index contributed by atoms with van der Waals surface area (Å²) in [5.74, 6) is 2.80. The number of para-hydroxylation sites is 1. The number of carbonyl (C=O) groups is 1. The highest BCUT2D eigenvalue weighted by Gasteiger charge is 2.18. The minimum Gasteiger partial charge on any atom is -0.497 e. The third-order valence-corrected chi connectivity index (χ3v) is 6.96. The van der Waals surface area contributed by atoms with Gasteiger partial charge < -0.3 is 19.5 Å². The number of nitrogens with zero attached hydrogens (tertiary/aromatic N) is 3. The van der Waals surface area contributed by atoms with Crippen molar-refractivity contribution < 1.29 is 19.0 Å². The lowest BCUT2D eigenvalue weighted by molar-refractivity contribution is -0.113. The van der Waals surface area contributed by atoms with Crippen LogP contribution in [0.15, 0.2) is 71.9 Å². The van der Waals surface area contributed by atoms with E-state index in [2.05, 4.69) is 41.5 Å². The summed E-state index contributed by atoms with van der Waals surface area (Å²) in [6.45, 7) is 4.36. The summed E-state index contributed by atoms with van der Waals surface area (Å²) in [6, 6.07) is 21.1. The normalized spacial score (nSPS) is 10.7. The lowest BCUT2D eigenvalue weighted by atomic mass is 10.0. The van der Waals surface area contributed by atoms with E-state index in [0.717, 1.165) is 41.1 Å². The van der Waals surface area contributed by atoms with Gasteiger partial charge in [0.25, 0.3) is 0 Å². The van der Waals surface area contributed by atoms with Crippen LogP contribution in [-0.2, 0) is 24.2 Å². The van der Waals surface area contributed by atoms with Crippen LogP contribution < -0.4 is 19.5 Å². The van der Waals surface area contributed by atoms with Crippen molar-refractivity contribution in [2.24, 2.45) is 0 Å². The zero-order valence-electron chi connectivity index (χ0n) is 22.1. The van der Waals surface area contributed by atoms with E-state index in [1.807, 2.05) is 59.2 Å². The maximum Gasteiger partial charge on any atom is 0.234 e. The molecular formula is C29H32N4O4S. The number of hydrogen-bond donors (Lipinski definition) is 1. The first-order valence-corrected chi connectivity index (χ1v) is 13.4. The van der Waals surface area contributed by atoms with E-state index < -0.39 is 0 Å². The van der Waals surface area contributed by atoms with E-state index in [9.17, 15) is 4.79 Å². The molecule has 0 atom stereocenters. The van der Waals surface area contributed by atoms with Crippen molar-refractivity contribution in [2.45, 2.75) is 38.5 Å². The van der Waals surface area contributed by atoms with Crippen molar-refractivity contribution in [1.82, 2.24) is 14.8 Å². The third-order valence-electron chi connectivity index (χ3n) is 6.04. The first-order valence-electron chi connectivity index (χ1n) is 12.4. The number of aryl methyl sites for hydroxylation is 2. The zero-order chi connectivity index (χ0) is 26.9. The van der Waals surface area contributed by atoms with Gasteiger partial charge in [-0.3, -0.25) is 9.36 Å². The average Bonchev–Trinajstić information content (AvgIpc) is 3.37. The molecule has 4 rings (SSSR count). The smallest absolute Gasteiger partial charge is 0.234 e. The van der Waals surface area contributed by atoms with E-state index >= 15 is 0 Å². The lowest BCUT2D eigenvalue weighted by Gasteiger charge is -2.15. The molecule has 0 fully saturated rings. The fourth-order valence-corrected chi connectivity index (χ4v) is 4.80. The van der Waals surface area contributed by atoms with Gasteiger partial charge in [0.05, 0.1) is 20.0 Å². The summed E-state index contributed by atoms with van der Waals surface area (Å²) in [7, 11) is 3.24. The van der Waals surface area contributed by atoms with Gasteiger partial charge in [-0.1, -0.05) is 49.9 Å². The molecule has 0 saturated carbocycles. The van der Waals surface area contributed by atoms with Crippen molar-refractivity contribution in [3.63, 3.8) is 0 Å². The third kappa shape index (κ3) is 6.47. The van der Waals surface area contributed by atoms with Crippen LogP contribution in [0, 0.1) is 0 Å². The van der Waals surface area contributed by atoms with Crippen molar-refractivity contribution in [3.05, 3.63) is 83.7 Å². The highest BCUT2D eigenvalue weighted by Crippen LogP contribution is 2.27. The second-order valence-electron chi connectivity index (χ2n) is 8.40. The second-order valence-corrected chi connectivity index (χ2v) is 9.34. The summed E-state index contributed by atoms with van der Waals surface area (Å²) >= 11 is 1.33. The minimum atomic E-state index is -0.0935. The quantitative estimate of drug-likeness (QED) is 0.234. The topological polar surface area (TPSA) is 87.5 Å². The van der Waals surface area contributed by atoms with Gasteiger partial charge in [-0.25, -0.2) is 0 Å². The number of anilines is 1. The Balaban J connectivity index is 1.54. The summed E-state index contributed by atoms with van der Waals surface area (Å²) in [4.78, 5) is 13.0. The molecular weight excluding hydrogens is 500 g/mol. The van der Waals surface area contributed by atoms with Crippen molar-refractivity contribution >= 4 is 23.4 Å². The van der Waals surface area contributed by atoms with E-state index in [0.29, 0.717) is 22.5 Å². The number of benzene rings is 3. The van der Waals surface area contributed by atoms with Crippen LogP contribution in [0.4, 0.5) is 5.69 Å². The molecule has 0 aliphatic heterocycles. The fraction of sp³-hybridized carbons (Fsp3) is 0.276. The molecule has 0 unspecified atom stereocenters. The van der Waals surface area contributed by atoms with Gasteiger partial charge in [-0.15, -0.1) is 10.2 Å². The first-order chi connectivity index (χ1) is 18.6. The maximum absolute atomic E-state index is 13.0. The van der Waals surface area contributed by atoms with Crippen LogP contribution in [0.3, 0.4) is 0 Å². The first kappa shape index (κ1) is 27.1. The van der Waals surface area contributed by atoms with Crippen LogP contribution in [-0.4, -0.2) is 40.6 Å². The van der Waals surface area contributed by atoms with Crippen molar-refractivity contribution in [2.75, 3.05) is 25.3 Å². The Morgan fingerprint density at radius 1 is 0.868 bits per heavy atom. The summed E-state index contributed by atoms with van der Waals surface area (Å²) in [5.41, 5.74) is 4.00. The predicted molar refractivity (Wildman–Crippen MR) is 150 cm³/mol. The van der Waals surface area contributed by atoms with Crippen LogP contribution in [0.5, 0.6) is 17.2 Å². The maximum atomic E-state index is 13.0. The molecule has 3 aromatic carbocycles. The van der Waals surface area contributed by atoms with Crippen molar-refractivity contribution in [3.8, 4) is 22.9 Å². The Hall–Kier alpha value is -3.98. The number of amides is 1. The van der Waals surface area contributed by atoms with Crippen LogP contribution in [0.25, 0.3) is 5.69 Å². The number of aromatic nitrogens is 3. The van der Waals surface area contributed by atoms with Crippen LogP contribution >= 0.6 is 11.8 Å². The van der Waals surface area contributed by atoms with Gasteiger partial charge in [-0.05, 0) is 60.4 Å². The van der Waals surface area contributed by atoms with Gasteiger partial charge in [-0.2, -0.15) is 0 Å². The fourth-order valence-electron chi connectivity index (χ4n) is 4.03. The van der Waals surface area contributed by atoms with Crippen LogP contribution in [0.2, 0.25) is 0 Å². The van der Waals surface area contributed by atoms with Gasteiger partial charge in [0.15, 0.2) is 11.0 Å². The Morgan fingerprint density at radius 3 is 2.18 bits per heavy atom. The zero-order valence-corrected chi connectivity index (χ0v) is 22.9. The van der Waals surface area contributed by atoms with E-state index in [1.54, 1.807) is 14.2 Å². The molecule has 38 heavy (non-hydrogen) atoms. The standard InChI is InChI=1S/C29H32N4O4S/c1-5-20-9-7-10-21(6-2)28(20)30-27(34)19-38-29-32-31-26(18-37-25-12-8-11-24(17-25)36-4)33(29)22-13-15-23(35-3)16-14-22/h7-17H,5-6,18-19H2,1-4H3,(H,30,34). The molecule has 9 heteroatoms. The molecule has 1 aromatic heterocycles. The molecule has 1 N–H and O–H groups in total. The Kier molecular flexibility index (Phi) is 9.26. The highest BCUT2D eigenvalue weighted by atomic mass is 32.2. The van der Waals surface area contributed by atoms with Gasteiger partial charge in [0, 0.05) is 17.4 Å². The van der Waals surface area contributed by atoms with Gasteiger partial charge in [0.2, 0.25) is 5.91 Å². The molecule has 198 valence electrons. The van der Waals surface area contributed by atoms with Gasteiger partial charge in [0.1, 0.15) is 23.9 Å². The summed E-state index contributed by atoms with van der Waals surface area (Å²) in [5, 5.41) is 12.5. The number of hydrogen-bond acceptors (Lipinski definition) is 7. The van der Waals surface area contributed by atoms with E-state index in [4.69, 9.17) is 14.2 Å². The Morgan fingerprint density at radius 2 is 1.53 bits per heavy atom. The molecule has 4 aromatic rings.